The smallest absolute Gasteiger partial charge is 0.130 e. The zero-order valence-electron chi connectivity index (χ0n) is 9.45. The van der Waals surface area contributed by atoms with Crippen LogP contribution in [0.2, 0.25) is 5.02 Å². The van der Waals surface area contributed by atoms with Crippen LogP contribution in [0.4, 0.5) is 4.39 Å². The average molecular weight is 246 g/mol. The van der Waals surface area contributed by atoms with E-state index < -0.39 is 18.0 Å². The van der Waals surface area contributed by atoms with Gasteiger partial charge >= 0.3 is 0 Å². The molecular formula is C12H17ClFNO. The van der Waals surface area contributed by atoms with Crippen LogP contribution in [-0.4, -0.2) is 11.1 Å². The molecule has 0 aliphatic heterocycles. The van der Waals surface area contributed by atoms with Crippen molar-refractivity contribution in [2.45, 2.75) is 32.4 Å². The van der Waals surface area contributed by atoms with E-state index >= 15 is 0 Å². The zero-order chi connectivity index (χ0) is 12.3. The van der Waals surface area contributed by atoms with Crippen molar-refractivity contribution in [3.63, 3.8) is 0 Å². The van der Waals surface area contributed by atoms with Gasteiger partial charge in [-0.25, -0.2) is 4.39 Å². The summed E-state index contributed by atoms with van der Waals surface area (Å²) >= 11 is 5.63. The molecule has 2 atom stereocenters. The summed E-state index contributed by atoms with van der Waals surface area (Å²) < 4.78 is 13.5. The molecule has 1 aromatic carbocycles. The minimum atomic E-state index is -0.986. The Morgan fingerprint density at radius 2 is 2.06 bits per heavy atom. The predicted octanol–water partition coefficient (Wildman–Crippen LogP) is 2.89. The summed E-state index contributed by atoms with van der Waals surface area (Å²) in [6.07, 6.45) is -0.344. The van der Waals surface area contributed by atoms with E-state index in [0.29, 0.717) is 17.4 Å². The monoisotopic (exact) mass is 245 g/mol. The summed E-state index contributed by atoms with van der Waals surface area (Å²) in [5.41, 5.74) is 6.01. The molecule has 3 N–H and O–H groups in total. The Bertz CT molecular complexity index is 357. The molecule has 0 heterocycles. The third-order valence-electron chi connectivity index (χ3n) is 2.43. The van der Waals surface area contributed by atoms with Gasteiger partial charge in [-0.15, -0.1) is 0 Å². The molecule has 2 nitrogen and oxygen atoms in total. The summed E-state index contributed by atoms with van der Waals surface area (Å²) in [6.45, 7) is 4.01. The molecule has 1 aromatic rings. The molecule has 0 bridgehead atoms. The molecule has 2 unspecified atom stereocenters. The molecule has 0 spiro atoms. The van der Waals surface area contributed by atoms with Crippen LogP contribution in [0.3, 0.4) is 0 Å². The highest BCUT2D eigenvalue weighted by Crippen LogP contribution is 2.24. The second-order valence-corrected chi connectivity index (χ2v) is 4.84. The molecule has 4 heteroatoms. The van der Waals surface area contributed by atoms with Crippen LogP contribution >= 0.6 is 11.6 Å². The first-order chi connectivity index (χ1) is 7.41. The van der Waals surface area contributed by atoms with Crippen molar-refractivity contribution in [3.05, 3.63) is 34.6 Å². The lowest BCUT2D eigenvalue weighted by atomic mass is 9.95. The highest BCUT2D eigenvalue weighted by atomic mass is 35.5. The molecule has 0 amide bonds. The lowest BCUT2D eigenvalue weighted by molar-refractivity contribution is 0.132. The predicted molar refractivity (Wildman–Crippen MR) is 63.8 cm³/mol. The molecule has 0 saturated carbocycles. The Morgan fingerprint density at radius 1 is 1.44 bits per heavy atom. The molecule has 0 saturated heterocycles. The third kappa shape index (κ3) is 3.44. The Hall–Kier alpha value is -0.640. The average Bonchev–Trinajstić information content (AvgIpc) is 2.15. The minimum absolute atomic E-state index is 0.206. The fourth-order valence-electron chi connectivity index (χ4n) is 1.65. The summed E-state index contributed by atoms with van der Waals surface area (Å²) in [7, 11) is 0. The lowest BCUT2D eigenvalue weighted by Crippen LogP contribution is -2.30. The van der Waals surface area contributed by atoms with E-state index in [1.54, 1.807) is 6.07 Å². The number of rotatable bonds is 4. The fourth-order valence-corrected chi connectivity index (χ4v) is 1.80. The molecule has 0 aromatic heterocycles. The van der Waals surface area contributed by atoms with E-state index in [9.17, 15) is 9.50 Å². The van der Waals surface area contributed by atoms with Crippen molar-refractivity contribution in [1.82, 2.24) is 0 Å². The van der Waals surface area contributed by atoms with Crippen LogP contribution in [0.15, 0.2) is 18.2 Å². The van der Waals surface area contributed by atoms with Crippen molar-refractivity contribution in [2.75, 3.05) is 0 Å². The topological polar surface area (TPSA) is 46.2 Å². The van der Waals surface area contributed by atoms with Gasteiger partial charge in [0, 0.05) is 16.6 Å². The highest BCUT2D eigenvalue weighted by Gasteiger charge is 2.21. The van der Waals surface area contributed by atoms with Gasteiger partial charge in [-0.05, 0) is 24.5 Å². The van der Waals surface area contributed by atoms with Gasteiger partial charge in [0.25, 0.3) is 0 Å². The first kappa shape index (κ1) is 13.4. The van der Waals surface area contributed by atoms with Crippen molar-refractivity contribution in [2.24, 2.45) is 11.7 Å². The van der Waals surface area contributed by atoms with Gasteiger partial charge < -0.3 is 10.8 Å². The van der Waals surface area contributed by atoms with Gasteiger partial charge in [0.2, 0.25) is 0 Å². The molecule has 90 valence electrons. The zero-order valence-corrected chi connectivity index (χ0v) is 10.2. The van der Waals surface area contributed by atoms with Crippen LogP contribution < -0.4 is 5.73 Å². The summed E-state index contributed by atoms with van der Waals surface area (Å²) in [4.78, 5) is 0. The van der Waals surface area contributed by atoms with E-state index in [2.05, 4.69) is 0 Å². The minimum Gasteiger partial charge on any atom is -0.387 e. The van der Waals surface area contributed by atoms with Crippen molar-refractivity contribution < 1.29 is 9.50 Å². The van der Waals surface area contributed by atoms with E-state index in [-0.39, 0.29) is 5.56 Å². The SMILES string of the molecule is CC(C)CC(N)C(O)c1ccc(Cl)cc1F. The van der Waals surface area contributed by atoms with Crippen molar-refractivity contribution in [1.29, 1.82) is 0 Å². The van der Waals surface area contributed by atoms with Gasteiger partial charge in [-0.3, -0.25) is 0 Å². The van der Waals surface area contributed by atoms with E-state index in [0.717, 1.165) is 0 Å². The van der Waals surface area contributed by atoms with Crippen LogP contribution in [-0.2, 0) is 0 Å². The van der Waals surface area contributed by atoms with Crippen molar-refractivity contribution in [3.8, 4) is 0 Å². The maximum atomic E-state index is 13.5. The maximum Gasteiger partial charge on any atom is 0.130 e. The van der Waals surface area contributed by atoms with E-state index in [1.807, 2.05) is 13.8 Å². The summed E-state index contributed by atoms with van der Waals surface area (Å²) in [5.74, 6) is -0.154. The van der Waals surface area contributed by atoms with Gasteiger partial charge in [-0.1, -0.05) is 31.5 Å². The Kier molecular flexibility index (Phi) is 4.71. The number of hydrogen-bond acceptors (Lipinski definition) is 2. The molecule has 16 heavy (non-hydrogen) atoms. The van der Waals surface area contributed by atoms with Gasteiger partial charge in [0.15, 0.2) is 0 Å². The van der Waals surface area contributed by atoms with E-state index in [4.69, 9.17) is 17.3 Å². The number of halogens is 2. The molecule has 0 fully saturated rings. The largest absolute Gasteiger partial charge is 0.387 e. The molecule has 0 aliphatic rings. The number of benzene rings is 1. The molecule has 1 rings (SSSR count). The Labute approximate surface area is 100 Å². The Morgan fingerprint density at radius 3 is 2.56 bits per heavy atom. The number of aliphatic hydroxyl groups excluding tert-OH is 1. The number of hydrogen-bond donors (Lipinski definition) is 2. The fraction of sp³-hybridized carbons (Fsp3) is 0.500. The van der Waals surface area contributed by atoms with Gasteiger partial charge in [0.1, 0.15) is 5.82 Å². The first-order valence-corrected chi connectivity index (χ1v) is 5.68. The van der Waals surface area contributed by atoms with Crippen LogP contribution in [0.5, 0.6) is 0 Å². The van der Waals surface area contributed by atoms with Gasteiger partial charge in [-0.2, -0.15) is 0 Å². The standard InChI is InChI=1S/C12H17ClFNO/c1-7(2)5-11(15)12(16)9-4-3-8(13)6-10(9)14/h3-4,6-7,11-12,16H,5,15H2,1-2H3. The van der Waals surface area contributed by atoms with Crippen molar-refractivity contribution >= 4 is 11.6 Å². The summed E-state index contributed by atoms with van der Waals surface area (Å²) in [5, 5.41) is 10.2. The molecule has 0 aliphatic carbocycles. The second kappa shape index (κ2) is 5.62. The quantitative estimate of drug-likeness (QED) is 0.857. The molecule has 0 radical (unpaired) electrons. The second-order valence-electron chi connectivity index (χ2n) is 4.40. The Balaban J connectivity index is 2.83. The van der Waals surface area contributed by atoms with Crippen LogP contribution in [0.25, 0.3) is 0 Å². The highest BCUT2D eigenvalue weighted by molar-refractivity contribution is 6.30. The van der Waals surface area contributed by atoms with E-state index in [1.165, 1.54) is 12.1 Å². The first-order valence-electron chi connectivity index (χ1n) is 5.30. The normalized spacial score (nSPS) is 15.2. The lowest BCUT2D eigenvalue weighted by Gasteiger charge is -2.21. The third-order valence-corrected chi connectivity index (χ3v) is 2.67. The summed E-state index contributed by atoms with van der Waals surface area (Å²) in [6, 6.07) is 3.74. The molecular weight excluding hydrogens is 229 g/mol. The number of aliphatic hydroxyl groups is 1. The van der Waals surface area contributed by atoms with Crippen LogP contribution in [0.1, 0.15) is 31.9 Å². The van der Waals surface area contributed by atoms with Gasteiger partial charge in [0.05, 0.1) is 6.10 Å². The van der Waals surface area contributed by atoms with Crippen LogP contribution in [0, 0.1) is 11.7 Å². The maximum absolute atomic E-state index is 13.5. The number of nitrogens with two attached hydrogens (primary N) is 1.